The van der Waals surface area contributed by atoms with Crippen molar-refractivity contribution in [1.82, 2.24) is 4.90 Å². The normalized spacial score (nSPS) is 16.6. The predicted molar refractivity (Wildman–Crippen MR) is 105 cm³/mol. The van der Waals surface area contributed by atoms with Crippen LogP contribution in [0.15, 0.2) is 29.6 Å². The van der Waals surface area contributed by atoms with Crippen molar-refractivity contribution in [3.8, 4) is 0 Å². The lowest BCUT2D eigenvalue weighted by molar-refractivity contribution is -0.118. The summed E-state index contributed by atoms with van der Waals surface area (Å²) in [6.45, 7) is 3.14. The number of anilines is 1. The van der Waals surface area contributed by atoms with Crippen LogP contribution in [0.4, 0.5) is 5.69 Å². The van der Waals surface area contributed by atoms with Crippen LogP contribution < -0.4 is 16.8 Å². The zero-order chi connectivity index (χ0) is 19.6. The van der Waals surface area contributed by atoms with Crippen molar-refractivity contribution in [3.05, 3.63) is 51.2 Å². The molecule has 0 bridgehead atoms. The van der Waals surface area contributed by atoms with Crippen LogP contribution in [-0.4, -0.2) is 35.7 Å². The van der Waals surface area contributed by atoms with E-state index in [0.29, 0.717) is 5.69 Å². The molecule has 7 nitrogen and oxygen atoms in total. The second-order valence-electron chi connectivity index (χ2n) is 6.52. The highest BCUT2D eigenvalue weighted by Crippen LogP contribution is 2.34. The number of rotatable bonds is 6. The first-order valence-corrected chi connectivity index (χ1v) is 9.62. The zero-order valence-electron chi connectivity index (χ0n) is 15.0. The molecule has 8 heteroatoms. The quantitative estimate of drug-likeness (QED) is 0.702. The number of nitrogens with zero attached hydrogens (tertiary/aromatic N) is 1. The summed E-state index contributed by atoms with van der Waals surface area (Å²) in [5.41, 5.74) is 12.4. The van der Waals surface area contributed by atoms with Gasteiger partial charge in [0.15, 0.2) is 0 Å². The second kappa shape index (κ2) is 7.89. The van der Waals surface area contributed by atoms with Crippen molar-refractivity contribution in [2.24, 2.45) is 11.5 Å². The highest BCUT2D eigenvalue weighted by Gasteiger charge is 2.28. The van der Waals surface area contributed by atoms with Crippen molar-refractivity contribution in [2.45, 2.75) is 25.8 Å². The Morgan fingerprint density at radius 2 is 1.85 bits per heavy atom. The van der Waals surface area contributed by atoms with Gasteiger partial charge in [0.2, 0.25) is 17.7 Å². The van der Waals surface area contributed by atoms with Crippen molar-refractivity contribution in [2.75, 3.05) is 18.4 Å². The molecule has 1 aromatic heterocycles. The average Bonchev–Trinajstić information content (AvgIpc) is 3.09. The highest BCUT2D eigenvalue weighted by atomic mass is 32.1. The maximum atomic E-state index is 12.6. The smallest absolute Gasteiger partial charge is 0.248 e. The minimum absolute atomic E-state index is 0.119. The number of primary amides is 2. The van der Waals surface area contributed by atoms with Gasteiger partial charge in [0.25, 0.3) is 0 Å². The largest absolute Gasteiger partial charge is 0.366 e. The summed E-state index contributed by atoms with van der Waals surface area (Å²) in [5.74, 6) is -1.61. The Kier molecular flexibility index (Phi) is 5.57. The summed E-state index contributed by atoms with van der Waals surface area (Å²) >= 11 is 1.76. The van der Waals surface area contributed by atoms with E-state index in [1.807, 2.05) is 0 Å². The van der Waals surface area contributed by atoms with E-state index in [1.165, 1.54) is 28.6 Å². The molecule has 27 heavy (non-hydrogen) atoms. The monoisotopic (exact) mass is 386 g/mol. The maximum absolute atomic E-state index is 12.6. The molecule has 1 aliphatic rings. The van der Waals surface area contributed by atoms with Crippen molar-refractivity contribution in [1.29, 1.82) is 0 Å². The van der Waals surface area contributed by atoms with Gasteiger partial charge in [-0.2, -0.15) is 0 Å². The summed E-state index contributed by atoms with van der Waals surface area (Å²) in [4.78, 5) is 39.0. The third kappa shape index (κ3) is 4.17. The molecule has 1 aromatic carbocycles. The first-order valence-electron chi connectivity index (χ1n) is 8.74. The lowest BCUT2D eigenvalue weighted by atomic mass is 9.98. The number of thiophene rings is 1. The first-order chi connectivity index (χ1) is 12.9. The number of benzene rings is 1. The number of carbonyl (C=O) groups is 3. The van der Waals surface area contributed by atoms with Crippen LogP contribution >= 0.6 is 11.3 Å². The molecule has 0 unspecified atom stereocenters. The molecule has 2 aromatic rings. The number of amides is 3. The fourth-order valence-corrected chi connectivity index (χ4v) is 4.41. The Morgan fingerprint density at radius 3 is 2.44 bits per heavy atom. The van der Waals surface area contributed by atoms with Gasteiger partial charge in [0, 0.05) is 34.3 Å². The van der Waals surface area contributed by atoms with Crippen LogP contribution in [0.2, 0.25) is 0 Å². The molecule has 3 amide bonds. The lowest BCUT2D eigenvalue weighted by Crippen LogP contribution is -2.40. The predicted octanol–water partition coefficient (Wildman–Crippen LogP) is 1.89. The summed E-state index contributed by atoms with van der Waals surface area (Å²) < 4.78 is 0. The molecule has 5 N–H and O–H groups in total. The molecule has 2 heterocycles. The Labute approximate surface area is 161 Å². The molecule has 0 saturated carbocycles. The molecule has 1 aliphatic heterocycles. The lowest BCUT2D eigenvalue weighted by Gasteiger charge is -2.34. The van der Waals surface area contributed by atoms with E-state index in [-0.39, 0.29) is 29.6 Å². The SMILES string of the molecule is CC[C@@H]1c2ccsc2CCN1CC(=O)Nc1cc(C(N)=O)cc(C(N)=O)c1. The number of fused-ring (bicyclic) bond motifs is 1. The molecule has 0 spiro atoms. The molecular weight excluding hydrogens is 364 g/mol. The van der Waals surface area contributed by atoms with Gasteiger partial charge in [-0.1, -0.05) is 6.92 Å². The van der Waals surface area contributed by atoms with Crippen molar-refractivity contribution < 1.29 is 14.4 Å². The number of nitrogens with two attached hydrogens (primary N) is 2. The number of carbonyl (C=O) groups excluding carboxylic acids is 3. The van der Waals surface area contributed by atoms with Crippen molar-refractivity contribution >= 4 is 34.7 Å². The van der Waals surface area contributed by atoms with Gasteiger partial charge >= 0.3 is 0 Å². The fraction of sp³-hybridized carbons (Fsp3) is 0.316. The maximum Gasteiger partial charge on any atom is 0.248 e. The van der Waals surface area contributed by atoms with Gasteiger partial charge in [0.1, 0.15) is 0 Å². The Hall–Kier alpha value is -2.71. The molecule has 3 rings (SSSR count). The molecule has 0 saturated heterocycles. The molecule has 0 fully saturated rings. The van der Waals surface area contributed by atoms with E-state index in [4.69, 9.17) is 11.5 Å². The molecule has 0 aliphatic carbocycles. The number of hydrogen-bond acceptors (Lipinski definition) is 5. The van der Waals surface area contributed by atoms with Gasteiger partial charge in [-0.05, 0) is 48.1 Å². The van der Waals surface area contributed by atoms with E-state index in [2.05, 4.69) is 28.6 Å². The summed E-state index contributed by atoms with van der Waals surface area (Å²) in [6, 6.07) is 6.54. The van der Waals surface area contributed by atoms with Crippen LogP contribution in [0.5, 0.6) is 0 Å². The number of hydrogen-bond donors (Lipinski definition) is 3. The van der Waals surface area contributed by atoms with Gasteiger partial charge in [0.05, 0.1) is 6.54 Å². The topological polar surface area (TPSA) is 119 Å². The standard InChI is InChI=1S/C19H22N4O3S/c1-2-15-14-4-6-27-16(14)3-5-23(15)10-17(24)22-13-8-11(18(20)25)7-12(9-13)19(21)26/h4,6-9,15H,2-3,5,10H2,1H3,(H2,20,25)(H2,21,26)(H,22,24)/t15-/m1/s1. The number of nitrogens with one attached hydrogen (secondary N) is 1. The van der Waals surface area contributed by atoms with Crippen molar-refractivity contribution in [3.63, 3.8) is 0 Å². The second-order valence-corrected chi connectivity index (χ2v) is 7.52. The third-order valence-corrected chi connectivity index (χ3v) is 5.72. The van der Waals surface area contributed by atoms with Crippen LogP contribution in [0.1, 0.15) is 50.5 Å². The van der Waals surface area contributed by atoms with E-state index in [1.54, 1.807) is 11.3 Å². The summed E-state index contributed by atoms with van der Waals surface area (Å²) in [6.07, 6.45) is 1.85. The summed E-state index contributed by atoms with van der Waals surface area (Å²) in [5, 5.41) is 4.84. The molecular formula is C19H22N4O3S. The van der Waals surface area contributed by atoms with E-state index in [0.717, 1.165) is 19.4 Å². The highest BCUT2D eigenvalue weighted by molar-refractivity contribution is 7.10. The van der Waals surface area contributed by atoms with Crippen LogP contribution in [0.25, 0.3) is 0 Å². The fourth-order valence-electron chi connectivity index (χ4n) is 3.48. The summed E-state index contributed by atoms with van der Waals surface area (Å²) in [7, 11) is 0. The third-order valence-electron chi connectivity index (χ3n) is 4.72. The van der Waals surface area contributed by atoms with Crippen LogP contribution in [0, 0.1) is 0 Å². The van der Waals surface area contributed by atoms with Crippen LogP contribution in [0.3, 0.4) is 0 Å². The zero-order valence-corrected chi connectivity index (χ0v) is 15.8. The first kappa shape index (κ1) is 19.1. The molecule has 142 valence electrons. The van der Waals surface area contributed by atoms with Gasteiger partial charge in [-0.25, -0.2) is 0 Å². The molecule has 1 atom stereocenters. The van der Waals surface area contributed by atoms with E-state index < -0.39 is 11.8 Å². The average molecular weight is 386 g/mol. The minimum Gasteiger partial charge on any atom is -0.366 e. The Balaban J connectivity index is 1.74. The van der Waals surface area contributed by atoms with Crippen LogP contribution in [-0.2, 0) is 11.2 Å². The van der Waals surface area contributed by atoms with Gasteiger partial charge in [-0.3, -0.25) is 19.3 Å². The molecule has 0 radical (unpaired) electrons. The van der Waals surface area contributed by atoms with Gasteiger partial charge in [-0.15, -0.1) is 11.3 Å². The van der Waals surface area contributed by atoms with E-state index >= 15 is 0 Å². The minimum atomic E-state index is -0.694. The Morgan fingerprint density at radius 1 is 1.19 bits per heavy atom. The van der Waals surface area contributed by atoms with E-state index in [9.17, 15) is 14.4 Å². The van der Waals surface area contributed by atoms with Gasteiger partial charge < -0.3 is 16.8 Å². The Bertz CT molecular complexity index is 861.